The first-order valence-electron chi connectivity index (χ1n) is 9.05. The normalized spacial score (nSPS) is 14.6. The van der Waals surface area contributed by atoms with Crippen molar-refractivity contribution in [1.82, 2.24) is 25.1 Å². The van der Waals surface area contributed by atoms with Gasteiger partial charge in [0, 0.05) is 37.6 Å². The van der Waals surface area contributed by atoms with Gasteiger partial charge in [0.25, 0.3) is 5.91 Å². The number of carbonyl (C=O) groups excluding carboxylic acids is 1. The van der Waals surface area contributed by atoms with E-state index in [4.69, 9.17) is 0 Å². The van der Waals surface area contributed by atoms with E-state index < -0.39 is 0 Å². The zero-order chi connectivity index (χ0) is 18.8. The van der Waals surface area contributed by atoms with Crippen LogP contribution in [0.1, 0.15) is 35.1 Å². The summed E-state index contributed by atoms with van der Waals surface area (Å²) < 4.78 is 1.97. The van der Waals surface area contributed by atoms with Crippen LogP contribution in [0.4, 0.5) is 5.82 Å². The largest absolute Gasteiger partial charge is 0.372 e. The Morgan fingerprint density at radius 3 is 2.48 bits per heavy atom. The highest BCUT2D eigenvalue weighted by atomic mass is 16.1. The van der Waals surface area contributed by atoms with Gasteiger partial charge in [-0.3, -0.25) is 4.79 Å². The van der Waals surface area contributed by atoms with Crippen molar-refractivity contribution in [1.29, 1.82) is 0 Å². The van der Waals surface area contributed by atoms with Crippen LogP contribution in [0.5, 0.6) is 0 Å². The number of carbonyl (C=O) groups is 1. The monoisotopic (exact) mass is 362 g/mol. The third-order valence-electron chi connectivity index (χ3n) is 4.88. The van der Waals surface area contributed by atoms with Crippen molar-refractivity contribution in [3.05, 3.63) is 60.2 Å². The van der Waals surface area contributed by atoms with Gasteiger partial charge in [-0.25, -0.2) is 4.98 Å². The number of amides is 1. The summed E-state index contributed by atoms with van der Waals surface area (Å²) in [7, 11) is 3.76. The Balaban J connectivity index is 1.49. The molecule has 1 unspecified atom stereocenters. The fourth-order valence-corrected chi connectivity index (χ4v) is 3.14. The zero-order valence-corrected chi connectivity index (χ0v) is 15.4. The minimum absolute atomic E-state index is 0.0443. The highest BCUT2D eigenvalue weighted by Gasteiger charge is 2.35. The molecule has 1 saturated carbocycles. The first kappa shape index (κ1) is 17.2. The molecule has 1 aliphatic rings. The lowest BCUT2D eigenvalue weighted by Gasteiger charge is -2.18. The standard InChI is InChI=1S/C20H22N6O/c1-21-17-10-9-16(24-25-17)13-3-7-15(8-4-13)20(27)23-18(14-5-6-14)19-22-11-12-26(19)2/h3-4,7-12,14,18H,5-6H2,1-2H3,(H,21,25)(H,23,27). The van der Waals surface area contributed by atoms with Crippen molar-refractivity contribution in [2.45, 2.75) is 18.9 Å². The molecule has 1 amide bonds. The van der Waals surface area contributed by atoms with Gasteiger partial charge in [0.05, 0.1) is 11.7 Å². The minimum atomic E-state index is -0.0851. The van der Waals surface area contributed by atoms with E-state index >= 15 is 0 Å². The van der Waals surface area contributed by atoms with Gasteiger partial charge in [-0.2, -0.15) is 0 Å². The first-order chi connectivity index (χ1) is 13.2. The van der Waals surface area contributed by atoms with Crippen LogP contribution in [0.15, 0.2) is 48.8 Å². The van der Waals surface area contributed by atoms with Gasteiger partial charge >= 0.3 is 0 Å². The van der Waals surface area contributed by atoms with Crippen LogP contribution in [0.25, 0.3) is 11.3 Å². The number of anilines is 1. The van der Waals surface area contributed by atoms with Crippen LogP contribution >= 0.6 is 0 Å². The summed E-state index contributed by atoms with van der Waals surface area (Å²) in [6.07, 6.45) is 5.92. The average Bonchev–Trinajstić information content (AvgIpc) is 3.47. The maximum Gasteiger partial charge on any atom is 0.251 e. The Labute approximate surface area is 157 Å². The van der Waals surface area contributed by atoms with E-state index in [1.807, 2.05) is 54.2 Å². The number of benzene rings is 1. The van der Waals surface area contributed by atoms with Crippen LogP contribution in [0.2, 0.25) is 0 Å². The lowest BCUT2D eigenvalue weighted by atomic mass is 10.1. The Morgan fingerprint density at radius 1 is 1.15 bits per heavy atom. The molecule has 2 heterocycles. The lowest BCUT2D eigenvalue weighted by molar-refractivity contribution is 0.0929. The van der Waals surface area contributed by atoms with Crippen LogP contribution in [-0.4, -0.2) is 32.7 Å². The number of aryl methyl sites for hydroxylation is 1. The molecular formula is C20H22N6O. The molecule has 7 nitrogen and oxygen atoms in total. The Kier molecular flexibility index (Phi) is 4.58. The summed E-state index contributed by atoms with van der Waals surface area (Å²) in [5.41, 5.74) is 2.31. The number of hydrogen-bond donors (Lipinski definition) is 2. The van der Waals surface area contributed by atoms with E-state index in [0.717, 1.165) is 35.7 Å². The molecule has 0 saturated heterocycles. The zero-order valence-electron chi connectivity index (χ0n) is 15.4. The highest BCUT2D eigenvalue weighted by molar-refractivity contribution is 5.94. The highest BCUT2D eigenvalue weighted by Crippen LogP contribution is 2.40. The van der Waals surface area contributed by atoms with Gasteiger partial charge in [0.2, 0.25) is 0 Å². The fraction of sp³-hybridized carbons (Fsp3) is 0.300. The minimum Gasteiger partial charge on any atom is -0.372 e. The molecule has 3 aromatic rings. The SMILES string of the molecule is CNc1ccc(-c2ccc(C(=O)NC(c3nccn3C)C3CC3)cc2)nn1. The number of nitrogens with one attached hydrogen (secondary N) is 2. The molecule has 0 bridgehead atoms. The number of imidazole rings is 1. The third kappa shape index (κ3) is 3.67. The van der Waals surface area contributed by atoms with Gasteiger partial charge in [0.15, 0.2) is 0 Å². The summed E-state index contributed by atoms with van der Waals surface area (Å²) >= 11 is 0. The summed E-state index contributed by atoms with van der Waals surface area (Å²) in [5, 5.41) is 14.4. The average molecular weight is 362 g/mol. The van der Waals surface area contributed by atoms with Crippen molar-refractivity contribution in [2.24, 2.45) is 13.0 Å². The molecule has 1 aliphatic carbocycles. The van der Waals surface area contributed by atoms with E-state index in [1.54, 1.807) is 13.2 Å². The number of nitrogens with zero attached hydrogens (tertiary/aromatic N) is 4. The molecule has 138 valence electrons. The van der Waals surface area contributed by atoms with Gasteiger partial charge in [-0.05, 0) is 43.0 Å². The molecule has 2 aromatic heterocycles. The quantitative estimate of drug-likeness (QED) is 0.704. The van der Waals surface area contributed by atoms with E-state index in [9.17, 15) is 4.79 Å². The maximum absolute atomic E-state index is 12.7. The van der Waals surface area contributed by atoms with Gasteiger partial charge in [0.1, 0.15) is 11.6 Å². The second-order valence-corrected chi connectivity index (χ2v) is 6.82. The van der Waals surface area contributed by atoms with Crippen LogP contribution < -0.4 is 10.6 Å². The van der Waals surface area contributed by atoms with E-state index in [2.05, 4.69) is 25.8 Å². The molecule has 4 rings (SSSR count). The predicted octanol–water partition coefficient (Wildman–Crippen LogP) is 2.80. The van der Waals surface area contributed by atoms with Crippen molar-refractivity contribution in [2.75, 3.05) is 12.4 Å². The summed E-state index contributed by atoms with van der Waals surface area (Å²) in [6.45, 7) is 0. The lowest BCUT2D eigenvalue weighted by Crippen LogP contribution is -2.31. The van der Waals surface area contributed by atoms with Crippen molar-refractivity contribution >= 4 is 11.7 Å². The second-order valence-electron chi connectivity index (χ2n) is 6.82. The molecule has 1 fully saturated rings. The number of aromatic nitrogens is 4. The first-order valence-corrected chi connectivity index (χ1v) is 9.05. The molecule has 7 heteroatoms. The maximum atomic E-state index is 12.7. The van der Waals surface area contributed by atoms with E-state index in [1.165, 1.54) is 0 Å². The summed E-state index contributed by atoms with van der Waals surface area (Å²) in [5.74, 6) is 2.01. The van der Waals surface area contributed by atoms with Crippen molar-refractivity contribution in [3.63, 3.8) is 0 Å². The third-order valence-corrected chi connectivity index (χ3v) is 4.88. The summed E-state index contributed by atoms with van der Waals surface area (Å²) in [4.78, 5) is 17.2. The molecule has 0 radical (unpaired) electrons. The molecule has 0 spiro atoms. The molecule has 0 aliphatic heterocycles. The smallest absolute Gasteiger partial charge is 0.251 e. The van der Waals surface area contributed by atoms with Crippen molar-refractivity contribution < 1.29 is 4.79 Å². The molecular weight excluding hydrogens is 340 g/mol. The van der Waals surface area contributed by atoms with E-state index in [-0.39, 0.29) is 11.9 Å². The fourth-order valence-electron chi connectivity index (χ4n) is 3.14. The summed E-state index contributed by atoms with van der Waals surface area (Å²) in [6, 6.07) is 11.2. The van der Waals surface area contributed by atoms with Crippen LogP contribution in [0, 0.1) is 5.92 Å². The van der Waals surface area contributed by atoms with Crippen LogP contribution in [-0.2, 0) is 7.05 Å². The molecule has 27 heavy (non-hydrogen) atoms. The number of hydrogen-bond acceptors (Lipinski definition) is 5. The predicted molar refractivity (Wildman–Crippen MR) is 103 cm³/mol. The topological polar surface area (TPSA) is 84.7 Å². The van der Waals surface area contributed by atoms with Crippen LogP contribution in [0.3, 0.4) is 0 Å². The Morgan fingerprint density at radius 2 is 1.93 bits per heavy atom. The number of rotatable bonds is 6. The van der Waals surface area contributed by atoms with E-state index in [0.29, 0.717) is 11.5 Å². The van der Waals surface area contributed by atoms with Gasteiger partial charge in [-0.15, -0.1) is 10.2 Å². The molecule has 1 aromatic carbocycles. The molecule has 2 N–H and O–H groups in total. The molecule has 1 atom stereocenters. The Hall–Kier alpha value is -3.22. The van der Waals surface area contributed by atoms with Crippen molar-refractivity contribution in [3.8, 4) is 11.3 Å². The van der Waals surface area contributed by atoms with Gasteiger partial charge < -0.3 is 15.2 Å². The Bertz CT molecular complexity index is 928. The van der Waals surface area contributed by atoms with Gasteiger partial charge in [-0.1, -0.05) is 12.1 Å². The second kappa shape index (κ2) is 7.19.